The van der Waals surface area contributed by atoms with Gasteiger partial charge in [0.15, 0.2) is 0 Å². The van der Waals surface area contributed by atoms with Gasteiger partial charge in [-0.3, -0.25) is 0 Å². The molecule has 0 aliphatic rings. The molecule has 0 spiro atoms. The van der Waals surface area contributed by atoms with E-state index in [0.29, 0.717) is 6.61 Å². The minimum Gasteiger partial charge on any atom is -0.389 e. The number of unbranched alkanes of at least 4 members (excludes halogenated alkanes) is 5. The molecular formula is C16H32O3. The van der Waals surface area contributed by atoms with Crippen LogP contribution in [0.2, 0.25) is 0 Å². The summed E-state index contributed by atoms with van der Waals surface area (Å²) in [6, 6.07) is 0. The number of allylic oxidation sites excluding steroid dienone is 1. The van der Waals surface area contributed by atoms with Crippen molar-refractivity contribution in [3.63, 3.8) is 0 Å². The molecule has 19 heavy (non-hydrogen) atoms. The van der Waals surface area contributed by atoms with E-state index in [1.54, 1.807) is 0 Å². The van der Waals surface area contributed by atoms with E-state index >= 15 is 0 Å². The summed E-state index contributed by atoms with van der Waals surface area (Å²) >= 11 is 0. The lowest BCUT2D eigenvalue weighted by atomic mass is 10.1. The number of hydrogen-bond donors (Lipinski definition) is 1. The van der Waals surface area contributed by atoms with Gasteiger partial charge in [-0.1, -0.05) is 50.7 Å². The van der Waals surface area contributed by atoms with Gasteiger partial charge < -0.3 is 5.11 Å². The van der Waals surface area contributed by atoms with Crippen molar-refractivity contribution in [1.82, 2.24) is 0 Å². The Morgan fingerprint density at radius 1 is 1.00 bits per heavy atom. The van der Waals surface area contributed by atoms with E-state index in [4.69, 9.17) is 9.78 Å². The fraction of sp³-hybridized carbons (Fsp3) is 0.875. The van der Waals surface area contributed by atoms with E-state index in [-0.39, 0.29) is 12.2 Å². The first-order valence-corrected chi connectivity index (χ1v) is 7.79. The maximum absolute atomic E-state index is 9.51. The average Bonchev–Trinajstić information content (AvgIpc) is 2.39. The lowest BCUT2D eigenvalue weighted by Crippen LogP contribution is -2.08. The van der Waals surface area contributed by atoms with Gasteiger partial charge in [-0.05, 0) is 33.6 Å². The predicted molar refractivity (Wildman–Crippen MR) is 79.9 cm³/mol. The molecular weight excluding hydrogens is 240 g/mol. The highest BCUT2D eigenvalue weighted by Crippen LogP contribution is 2.12. The predicted octanol–water partition coefficient (Wildman–Crippen LogP) is 4.40. The van der Waals surface area contributed by atoms with Crippen LogP contribution in [0.3, 0.4) is 0 Å². The normalized spacial score (nSPS) is 14.9. The Morgan fingerprint density at radius 3 is 2.16 bits per heavy atom. The summed E-state index contributed by atoms with van der Waals surface area (Å²) in [6.45, 7) is 6.54. The Labute approximate surface area is 118 Å². The minimum absolute atomic E-state index is 0.205. The van der Waals surface area contributed by atoms with Crippen LogP contribution in [0.15, 0.2) is 12.2 Å². The van der Waals surface area contributed by atoms with Crippen molar-refractivity contribution in [2.45, 2.75) is 84.3 Å². The van der Waals surface area contributed by atoms with E-state index < -0.39 is 0 Å². The molecule has 0 heterocycles. The second kappa shape index (κ2) is 14.0. The molecule has 0 saturated heterocycles. The monoisotopic (exact) mass is 272 g/mol. The fourth-order valence-corrected chi connectivity index (χ4v) is 2.04. The van der Waals surface area contributed by atoms with E-state index in [0.717, 1.165) is 19.3 Å². The standard InChI is InChI=1S/C16H32O3/c1-4-12-16(17)14-11-9-7-6-8-10-13-15(3)19-18-5-2/h4,12,15-17H,5-11,13-14H2,1-3H3. The van der Waals surface area contributed by atoms with Crippen LogP contribution in [0.5, 0.6) is 0 Å². The van der Waals surface area contributed by atoms with Gasteiger partial charge in [0.1, 0.15) is 0 Å². The Balaban J connectivity index is 3.18. The molecule has 2 unspecified atom stereocenters. The summed E-state index contributed by atoms with van der Waals surface area (Å²) < 4.78 is 0. The van der Waals surface area contributed by atoms with Crippen molar-refractivity contribution in [3.8, 4) is 0 Å². The second-order valence-corrected chi connectivity index (χ2v) is 5.11. The molecule has 0 aromatic carbocycles. The van der Waals surface area contributed by atoms with Gasteiger partial charge in [0.05, 0.1) is 18.8 Å². The Bertz CT molecular complexity index is 204. The largest absolute Gasteiger partial charge is 0.389 e. The quantitative estimate of drug-likeness (QED) is 0.234. The minimum atomic E-state index is -0.249. The van der Waals surface area contributed by atoms with Crippen LogP contribution in [0.4, 0.5) is 0 Å². The summed E-state index contributed by atoms with van der Waals surface area (Å²) in [5.41, 5.74) is 0. The summed E-state index contributed by atoms with van der Waals surface area (Å²) in [7, 11) is 0. The Hall–Kier alpha value is -0.380. The molecule has 0 fully saturated rings. The highest BCUT2D eigenvalue weighted by atomic mass is 17.2. The third-order valence-electron chi connectivity index (χ3n) is 3.13. The third kappa shape index (κ3) is 13.8. The lowest BCUT2D eigenvalue weighted by molar-refractivity contribution is -0.318. The van der Waals surface area contributed by atoms with Gasteiger partial charge in [-0.25, -0.2) is 9.78 Å². The first-order valence-electron chi connectivity index (χ1n) is 7.79. The van der Waals surface area contributed by atoms with Crippen molar-refractivity contribution in [2.24, 2.45) is 0 Å². The van der Waals surface area contributed by atoms with Gasteiger partial charge >= 0.3 is 0 Å². The number of aliphatic hydroxyl groups is 1. The van der Waals surface area contributed by atoms with Gasteiger partial charge in [0.2, 0.25) is 0 Å². The summed E-state index contributed by atoms with van der Waals surface area (Å²) in [5.74, 6) is 0. The first kappa shape index (κ1) is 18.6. The molecule has 0 aliphatic heterocycles. The molecule has 0 saturated carbocycles. The van der Waals surface area contributed by atoms with Crippen LogP contribution in [-0.4, -0.2) is 23.9 Å². The number of rotatable bonds is 13. The van der Waals surface area contributed by atoms with E-state index in [1.807, 2.05) is 26.0 Å². The molecule has 0 aliphatic carbocycles. The summed E-state index contributed by atoms with van der Waals surface area (Å²) in [4.78, 5) is 10.1. The van der Waals surface area contributed by atoms with Crippen LogP contribution >= 0.6 is 0 Å². The molecule has 114 valence electrons. The molecule has 0 aromatic heterocycles. The topological polar surface area (TPSA) is 38.7 Å². The fourth-order valence-electron chi connectivity index (χ4n) is 2.04. The zero-order chi connectivity index (χ0) is 14.3. The summed E-state index contributed by atoms with van der Waals surface area (Å²) in [5, 5.41) is 9.51. The SMILES string of the molecule is CC=CC(O)CCCCCCCCC(C)OOCC. The smallest absolute Gasteiger partial charge is 0.0901 e. The summed E-state index contributed by atoms with van der Waals surface area (Å²) in [6.07, 6.45) is 13.0. The number of hydrogen-bond acceptors (Lipinski definition) is 3. The van der Waals surface area contributed by atoms with Crippen molar-refractivity contribution in [2.75, 3.05) is 6.61 Å². The van der Waals surface area contributed by atoms with Gasteiger partial charge in [0, 0.05) is 0 Å². The first-order chi connectivity index (χ1) is 9.20. The molecule has 2 atom stereocenters. The van der Waals surface area contributed by atoms with Crippen LogP contribution in [-0.2, 0) is 9.78 Å². The van der Waals surface area contributed by atoms with Gasteiger partial charge in [-0.15, -0.1) is 0 Å². The van der Waals surface area contributed by atoms with Crippen LogP contribution in [0, 0.1) is 0 Å². The molecule has 0 rings (SSSR count). The number of aliphatic hydroxyl groups excluding tert-OH is 1. The molecule has 0 radical (unpaired) electrons. The lowest BCUT2D eigenvalue weighted by Gasteiger charge is -2.10. The zero-order valence-corrected chi connectivity index (χ0v) is 12.9. The molecule has 0 amide bonds. The van der Waals surface area contributed by atoms with Crippen LogP contribution in [0.1, 0.15) is 72.1 Å². The third-order valence-corrected chi connectivity index (χ3v) is 3.13. The highest BCUT2D eigenvalue weighted by molar-refractivity contribution is 4.84. The highest BCUT2D eigenvalue weighted by Gasteiger charge is 2.02. The van der Waals surface area contributed by atoms with Crippen molar-refractivity contribution < 1.29 is 14.9 Å². The van der Waals surface area contributed by atoms with Crippen molar-refractivity contribution in [1.29, 1.82) is 0 Å². The van der Waals surface area contributed by atoms with E-state index in [2.05, 4.69) is 6.92 Å². The Kier molecular flexibility index (Phi) is 13.8. The van der Waals surface area contributed by atoms with Crippen LogP contribution in [0.25, 0.3) is 0 Å². The second-order valence-electron chi connectivity index (χ2n) is 5.11. The zero-order valence-electron chi connectivity index (χ0n) is 12.9. The van der Waals surface area contributed by atoms with Gasteiger partial charge in [-0.2, -0.15) is 0 Å². The average molecular weight is 272 g/mol. The molecule has 3 nitrogen and oxygen atoms in total. The Morgan fingerprint density at radius 2 is 1.58 bits per heavy atom. The van der Waals surface area contributed by atoms with Gasteiger partial charge in [0.25, 0.3) is 0 Å². The molecule has 0 aromatic rings. The molecule has 3 heteroatoms. The van der Waals surface area contributed by atoms with E-state index in [9.17, 15) is 5.11 Å². The maximum atomic E-state index is 9.51. The van der Waals surface area contributed by atoms with Crippen molar-refractivity contribution in [3.05, 3.63) is 12.2 Å². The molecule has 1 N–H and O–H groups in total. The molecule has 0 bridgehead atoms. The van der Waals surface area contributed by atoms with E-state index in [1.165, 1.54) is 32.1 Å². The maximum Gasteiger partial charge on any atom is 0.0901 e. The van der Waals surface area contributed by atoms with Crippen LogP contribution < -0.4 is 0 Å². The van der Waals surface area contributed by atoms with Crippen molar-refractivity contribution >= 4 is 0 Å².